The van der Waals surface area contributed by atoms with Gasteiger partial charge >= 0.3 is 12.0 Å². The summed E-state index contributed by atoms with van der Waals surface area (Å²) in [5, 5.41) is 13.0. The van der Waals surface area contributed by atoms with E-state index in [2.05, 4.69) is 26.6 Å². The highest BCUT2D eigenvalue weighted by Crippen LogP contribution is 2.13. The predicted octanol–water partition coefficient (Wildman–Crippen LogP) is 2.35. The van der Waals surface area contributed by atoms with Crippen molar-refractivity contribution in [2.75, 3.05) is 5.32 Å². The van der Waals surface area contributed by atoms with Crippen LogP contribution in [0, 0.1) is 0 Å². The number of hydrogen-bond acceptors (Lipinski definition) is 3. The van der Waals surface area contributed by atoms with Gasteiger partial charge in [-0.25, -0.2) is 4.79 Å². The van der Waals surface area contributed by atoms with Crippen molar-refractivity contribution in [3.05, 3.63) is 28.7 Å². The first-order chi connectivity index (χ1) is 8.97. The fourth-order valence-corrected chi connectivity index (χ4v) is 1.55. The number of carbonyl (C=O) groups is 3. The Bertz CT molecular complexity index is 473. The number of carboxylic acid groups (broad SMARTS) is 1. The Balaban J connectivity index is 2.32. The van der Waals surface area contributed by atoms with Gasteiger partial charge in [0.1, 0.15) is 0 Å². The third-order valence-electron chi connectivity index (χ3n) is 2.15. The largest absolute Gasteiger partial charge is 0.481 e. The smallest absolute Gasteiger partial charge is 0.325 e. The molecule has 0 aliphatic heterocycles. The molecule has 3 N–H and O–H groups in total. The van der Waals surface area contributed by atoms with E-state index in [1.807, 2.05) is 0 Å². The van der Waals surface area contributed by atoms with Crippen LogP contribution in [0.4, 0.5) is 10.5 Å². The molecule has 0 fully saturated rings. The lowest BCUT2D eigenvalue weighted by Crippen LogP contribution is -2.34. The Morgan fingerprint density at radius 1 is 1.11 bits per heavy atom. The number of halogens is 1. The molecule has 1 aromatic rings. The molecule has 3 amide bonds. The van der Waals surface area contributed by atoms with Crippen molar-refractivity contribution < 1.29 is 19.5 Å². The van der Waals surface area contributed by atoms with Crippen LogP contribution < -0.4 is 10.6 Å². The topological polar surface area (TPSA) is 95.5 Å². The molecule has 0 unspecified atom stereocenters. The van der Waals surface area contributed by atoms with Crippen LogP contribution >= 0.6 is 15.9 Å². The van der Waals surface area contributed by atoms with E-state index < -0.39 is 17.9 Å². The van der Waals surface area contributed by atoms with Gasteiger partial charge < -0.3 is 10.4 Å². The van der Waals surface area contributed by atoms with Gasteiger partial charge in [0.25, 0.3) is 0 Å². The normalized spacial score (nSPS) is 9.74. The van der Waals surface area contributed by atoms with Gasteiger partial charge in [-0.1, -0.05) is 15.9 Å². The summed E-state index contributed by atoms with van der Waals surface area (Å²) >= 11 is 3.26. The summed E-state index contributed by atoms with van der Waals surface area (Å²) < 4.78 is 0.878. The van der Waals surface area contributed by atoms with Crippen molar-refractivity contribution >= 4 is 39.5 Å². The summed E-state index contributed by atoms with van der Waals surface area (Å²) in [4.78, 5) is 33.0. The van der Waals surface area contributed by atoms with Crippen LogP contribution in [0.15, 0.2) is 28.7 Å². The molecule has 19 heavy (non-hydrogen) atoms. The van der Waals surface area contributed by atoms with E-state index in [0.29, 0.717) is 5.69 Å². The first kappa shape index (κ1) is 15.2. The second-order valence-electron chi connectivity index (χ2n) is 3.76. The lowest BCUT2D eigenvalue weighted by molar-refractivity contribution is -0.137. The maximum absolute atomic E-state index is 11.4. The molecule has 0 spiro atoms. The average Bonchev–Trinajstić information content (AvgIpc) is 2.31. The lowest BCUT2D eigenvalue weighted by atomic mass is 10.2. The SMILES string of the molecule is O=C(O)CCCC(=O)NC(=O)Nc1ccc(Br)cc1. The maximum atomic E-state index is 11.4. The van der Waals surface area contributed by atoms with Crippen molar-refractivity contribution in [3.8, 4) is 0 Å². The fourth-order valence-electron chi connectivity index (χ4n) is 1.28. The molecule has 1 rings (SSSR count). The number of imide groups is 1. The number of benzene rings is 1. The first-order valence-corrected chi connectivity index (χ1v) is 6.35. The number of rotatable bonds is 5. The highest BCUT2D eigenvalue weighted by Gasteiger charge is 2.08. The monoisotopic (exact) mass is 328 g/mol. The Morgan fingerprint density at radius 3 is 2.32 bits per heavy atom. The molecule has 7 heteroatoms. The molecule has 0 aliphatic carbocycles. The van der Waals surface area contributed by atoms with Crippen LogP contribution in [0.1, 0.15) is 19.3 Å². The van der Waals surface area contributed by atoms with Gasteiger partial charge in [0, 0.05) is 23.0 Å². The van der Waals surface area contributed by atoms with E-state index in [-0.39, 0.29) is 19.3 Å². The quantitative estimate of drug-likeness (QED) is 0.773. The van der Waals surface area contributed by atoms with Crippen LogP contribution in [0.5, 0.6) is 0 Å². The zero-order chi connectivity index (χ0) is 14.3. The molecule has 0 heterocycles. The number of aliphatic carboxylic acids is 1. The fraction of sp³-hybridized carbons (Fsp3) is 0.250. The number of carbonyl (C=O) groups excluding carboxylic acids is 2. The molecule has 0 aliphatic rings. The minimum absolute atomic E-state index is 0.0000574. The molecule has 102 valence electrons. The summed E-state index contributed by atoms with van der Waals surface area (Å²) in [5.41, 5.74) is 0.555. The second kappa shape index (κ2) is 7.52. The van der Waals surface area contributed by atoms with E-state index in [9.17, 15) is 14.4 Å². The molecular formula is C12H13BrN2O4. The van der Waals surface area contributed by atoms with Crippen molar-refractivity contribution in [3.63, 3.8) is 0 Å². The molecule has 1 aromatic carbocycles. The van der Waals surface area contributed by atoms with Crippen LogP contribution in [-0.4, -0.2) is 23.0 Å². The first-order valence-electron chi connectivity index (χ1n) is 5.55. The van der Waals surface area contributed by atoms with Crippen molar-refractivity contribution in [2.45, 2.75) is 19.3 Å². The van der Waals surface area contributed by atoms with E-state index >= 15 is 0 Å². The summed E-state index contributed by atoms with van der Waals surface area (Å²) in [7, 11) is 0. The lowest BCUT2D eigenvalue weighted by Gasteiger charge is -2.06. The third-order valence-corrected chi connectivity index (χ3v) is 2.68. The number of hydrogen-bond donors (Lipinski definition) is 3. The molecular weight excluding hydrogens is 316 g/mol. The molecule has 0 radical (unpaired) electrons. The van der Waals surface area contributed by atoms with E-state index in [1.165, 1.54) is 0 Å². The Hall–Kier alpha value is -1.89. The van der Waals surface area contributed by atoms with Gasteiger partial charge in [-0.2, -0.15) is 0 Å². The number of amides is 3. The Morgan fingerprint density at radius 2 is 1.74 bits per heavy atom. The zero-order valence-corrected chi connectivity index (χ0v) is 11.6. The average molecular weight is 329 g/mol. The van der Waals surface area contributed by atoms with E-state index in [1.54, 1.807) is 24.3 Å². The van der Waals surface area contributed by atoms with Gasteiger partial charge in [-0.3, -0.25) is 14.9 Å². The Labute approximate surface area is 118 Å². The number of carboxylic acids is 1. The van der Waals surface area contributed by atoms with Crippen molar-refractivity contribution in [1.29, 1.82) is 0 Å². The maximum Gasteiger partial charge on any atom is 0.325 e. The Kier molecular flexibility index (Phi) is 6.01. The summed E-state index contributed by atoms with van der Waals surface area (Å²) in [6.45, 7) is 0. The van der Waals surface area contributed by atoms with Crippen LogP contribution in [0.25, 0.3) is 0 Å². The molecule has 6 nitrogen and oxygen atoms in total. The minimum atomic E-state index is -0.966. The highest BCUT2D eigenvalue weighted by atomic mass is 79.9. The summed E-state index contributed by atoms with van der Waals surface area (Å²) in [6.07, 6.45) is 0.106. The van der Waals surface area contributed by atoms with Crippen molar-refractivity contribution in [2.24, 2.45) is 0 Å². The van der Waals surface area contributed by atoms with Crippen LogP contribution in [0.2, 0.25) is 0 Å². The highest BCUT2D eigenvalue weighted by molar-refractivity contribution is 9.10. The van der Waals surface area contributed by atoms with Crippen molar-refractivity contribution in [1.82, 2.24) is 5.32 Å². The summed E-state index contributed by atoms with van der Waals surface area (Å²) in [5.74, 6) is -1.47. The van der Waals surface area contributed by atoms with Crippen LogP contribution in [-0.2, 0) is 9.59 Å². The minimum Gasteiger partial charge on any atom is -0.481 e. The van der Waals surface area contributed by atoms with Gasteiger partial charge in [-0.15, -0.1) is 0 Å². The number of nitrogens with one attached hydrogen (secondary N) is 2. The number of urea groups is 1. The van der Waals surface area contributed by atoms with Gasteiger partial charge in [-0.05, 0) is 30.7 Å². The zero-order valence-electron chi connectivity index (χ0n) is 9.98. The second-order valence-corrected chi connectivity index (χ2v) is 4.67. The number of anilines is 1. The van der Waals surface area contributed by atoms with Gasteiger partial charge in [0.15, 0.2) is 0 Å². The summed E-state index contributed by atoms with van der Waals surface area (Å²) in [6, 6.07) is 6.23. The van der Waals surface area contributed by atoms with Gasteiger partial charge in [0.05, 0.1) is 0 Å². The molecule has 0 saturated heterocycles. The molecule has 0 saturated carbocycles. The predicted molar refractivity (Wildman–Crippen MR) is 72.8 cm³/mol. The van der Waals surface area contributed by atoms with E-state index in [4.69, 9.17) is 5.11 Å². The standard InChI is InChI=1S/C12H13BrN2O4/c13-8-4-6-9(7-5-8)14-12(19)15-10(16)2-1-3-11(17)18/h4-7H,1-3H2,(H,17,18)(H2,14,15,16,19). The molecule has 0 atom stereocenters. The van der Waals surface area contributed by atoms with E-state index in [0.717, 1.165) is 4.47 Å². The molecule has 0 bridgehead atoms. The van der Waals surface area contributed by atoms with Crippen LogP contribution in [0.3, 0.4) is 0 Å². The third kappa shape index (κ3) is 6.56. The van der Waals surface area contributed by atoms with Gasteiger partial charge in [0.2, 0.25) is 5.91 Å². The molecule has 0 aromatic heterocycles.